The molecule has 0 saturated heterocycles. The molecule has 1 heterocycles. The van der Waals surface area contributed by atoms with Gasteiger partial charge in [-0.25, -0.2) is 4.98 Å². The standard InChI is InChI=1S/C13H10F6N2OS/c14-12(15,16)7-22-9-4-2-1-3-8(9)5-20-11-21-6-10(23-11)13(17,18)19/h1-4,6H,5,7H2,(H,20,21). The number of alkyl halides is 6. The van der Waals surface area contributed by atoms with Gasteiger partial charge in [-0.2, -0.15) is 26.3 Å². The molecule has 1 N–H and O–H groups in total. The topological polar surface area (TPSA) is 34.1 Å². The Morgan fingerprint density at radius 3 is 2.39 bits per heavy atom. The zero-order chi connectivity index (χ0) is 17.1. The Hall–Kier alpha value is -1.97. The van der Waals surface area contributed by atoms with Gasteiger partial charge in [0.25, 0.3) is 0 Å². The van der Waals surface area contributed by atoms with Gasteiger partial charge in [0.2, 0.25) is 0 Å². The Bertz CT molecular complexity index is 652. The monoisotopic (exact) mass is 356 g/mol. The van der Waals surface area contributed by atoms with Crippen LogP contribution in [-0.4, -0.2) is 17.8 Å². The number of halogens is 6. The van der Waals surface area contributed by atoms with E-state index in [-0.39, 0.29) is 17.4 Å². The van der Waals surface area contributed by atoms with Crippen molar-refractivity contribution in [3.05, 3.63) is 40.9 Å². The Kier molecular flexibility index (Phi) is 5.03. The quantitative estimate of drug-likeness (QED) is 0.788. The van der Waals surface area contributed by atoms with Gasteiger partial charge in [0, 0.05) is 12.1 Å². The maximum absolute atomic E-state index is 12.5. The number of benzene rings is 1. The van der Waals surface area contributed by atoms with E-state index in [2.05, 4.69) is 15.0 Å². The number of hydrogen-bond acceptors (Lipinski definition) is 4. The Morgan fingerprint density at radius 2 is 1.78 bits per heavy atom. The van der Waals surface area contributed by atoms with Crippen LogP contribution < -0.4 is 10.1 Å². The number of nitrogens with zero attached hydrogens (tertiary/aromatic N) is 1. The number of thiazole rings is 1. The smallest absolute Gasteiger partial charge is 0.427 e. The van der Waals surface area contributed by atoms with Crippen LogP contribution in [0.4, 0.5) is 31.5 Å². The molecule has 0 bridgehead atoms. The van der Waals surface area contributed by atoms with Gasteiger partial charge >= 0.3 is 12.4 Å². The zero-order valence-electron chi connectivity index (χ0n) is 11.3. The molecule has 2 aromatic rings. The number of anilines is 1. The molecule has 0 aliphatic heterocycles. The lowest BCUT2D eigenvalue weighted by Crippen LogP contribution is -2.20. The summed E-state index contributed by atoms with van der Waals surface area (Å²) in [5, 5.41) is 2.65. The molecule has 126 valence electrons. The van der Waals surface area contributed by atoms with E-state index >= 15 is 0 Å². The molecule has 2 rings (SSSR count). The summed E-state index contributed by atoms with van der Waals surface area (Å²) in [6.45, 7) is -1.46. The van der Waals surface area contributed by atoms with E-state index in [4.69, 9.17) is 0 Å². The predicted octanol–water partition coefficient (Wildman–Crippen LogP) is 4.72. The van der Waals surface area contributed by atoms with Crippen molar-refractivity contribution in [1.29, 1.82) is 0 Å². The number of aromatic nitrogens is 1. The highest BCUT2D eigenvalue weighted by Gasteiger charge is 2.33. The molecule has 0 unspecified atom stereocenters. The van der Waals surface area contributed by atoms with Crippen molar-refractivity contribution >= 4 is 16.5 Å². The van der Waals surface area contributed by atoms with Crippen molar-refractivity contribution in [2.75, 3.05) is 11.9 Å². The van der Waals surface area contributed by atoms with E-state index in [1.54, 1.807) is 6.07 Å². The van der Waals surface area contributed by atoms with Crippen molar-refractivity contribution < 1.29 is 31.1 Å². The summed E-state index contributed by atoms with van der Waals surface area (Å²) in [5.41, 5.74) is 0.375. The Balaban J connectivity index is 2.02. The van der Waals surface area contributed by atoms with E-state index in [0.29, 0.717) is 23.1 Å². The summed E-state index contributed by atoms with van der Waals surface area (Å²) in [5.74, 6) is 0.00456. The number of hydrogen-bond donors (Lipinski definition) is 1. The van der Waals surface area contributed by atoms with Crippen LogP contribution in [0.5, 0.6) is 5.75 Å². The second kappa shape index (κ2) is 6.65. The second-order valence-corrected chi connectivity index (χ2v) is 5.42. The van der Waals surface area contributed by atoms with Crippen LogP contribution in [0.25, 0.3) is 0 Å². The number of rotatable bonds is 5. The van der Waals surface area contributed by atoms with Crippen LogP contribution in [0.3, 0.4) is 0 Å². The van der Waals surface area contributed by atoms with Crippen molar-refractivity contribution in [3.8, 4) is 5.75 Å². The summed E-state index contributed by atoms with van der Waals surface area (Å²) in [6.07, 6.45) is -8.26. The lowest BCUT2D eigenvalue weighted by atomic mass is 10.2. The van der Waals surface area contributed by atoms with Crippen LogP contribution in [0.15, 0.2) is 30.5 Å². The van der Waals surface area contributed by atoms with Gasteiger partial charge in [-0.1, -0.05) is 29.5 Å². The molecule has 0 fully saturated rings. The number of para-hydroxylation sites is 1. The van der Waals surface area contributed by atoms with E-state index < -0.39 is 23.8 Å². The van der Waals surface area contributed by atoms with Gasteiger partial charge in [-0.05, 0) is 6.07 Å². The van der Waals surface area contributed by atoms with Crippen LogP contribution in [0, 0.1) is 0 Å². The second-order valence-electron chi connectivity index (χ2n) is 4.39. The summed E-state index contributed by atoms with van der Waals surface area (Å²) >= 11 is 0.414. The number of ether oxygens (including phenoxy) is 1. The normalized spacial score (nSPS) is 12.3. The minimum atomic E-state index is -4.48. The van der Waals surface area contributed by atoms with Crippen LogP contribution in [0.1, 0.15) is 10.4 Å². The molecule has 10 heteroatoms. The van der Waals surface area contributed by atoms with Crippen molar-refractivity contribution in [2.24, 2.45) is 0 Å². The van der Waals surface area contributed by atoms with E-state index in [9.17, 15) is 26.3 Å². The largest absolute Gasteiger partial charge is 0.484 e. The van der Waals surface area contributed by atoms with Gasteiger partial charge < -0.3 is 10.1 Å². The third-order valence-electron chi connectivity index (χ3n) is 2.58. The lowest BCUT2D eigenvalue weighted by Gasteiger charge is -2.13. The minimum Gasteiger partial charge on any atom is -0.484 e. The zero-order valence-corrected chi connectivity index (χ0v) is 12.1. The fraction of sp³-hybridized carbons (Fsp3) is 0.308. The maximum atomic E-state index is 12.5. The first-order valence-corrected chi connectivity index (χ1v) is 7.01. The van der Waals surface area contributed by atoms with Crippen molar-refractivity contribution in [1.82, 2.24) is 4.98 Å². The van der Waals surface area contributed by atoms with Crippen LogP contribution in [-0.2, 0) is 12.7 Å². The SMILES string of the molecule is FC(F)(F)COc1ccccc1CNc1ncc(C(F)(F)F)s1. The first-order valence-electron chi connectivity index (χ1n) is 6.19. The van der Waals surface area contributed by atoms with E-state index in [1.165, 1.54) is 18.2 Å². The molecule has 0 spiro atoms. The van der Waals surface area contributed by atoms with Crippen LogP contribution in [0.2, 0.25) is 0 Å². The van der Waals surface area contributed by atoms with Gasteiger partial charge in [-0.3, -0.25) is 0 Å². The van der Waals surface area contributed by atoms with Crippen molar-refractivity contribution in [2.45, 2.75) is 18.9 Å². The third kappa shape index (κ3) is 5.31. The molecule has 0 saturated carbocycles. The highest BCUT2D eigenvalue weighted by atomic mass is 32.1. The first kappa shape index (κ1) is 17.4. The summed E-state index contributed by atoms with van der Waals surface area (Å²) in [4.78, 5) is 2.72. The summed E-state index contributed by atoms with van der Waals surface area (Å²) < 4.78 is 78.6. The molecule has 0 radical (unpaired) electrons. The number of nitrogens with one attached hydrogen (secondary N) is 1. The molecule has 0 aliphatic rings. The molecular formula is C13H10F6N2OS. The maximum Gasteiger partial charge on any atom is 0.427 e. The molecule has 3 nitrogen and oxygen atoms in total. The van der Waals surface area contributed by atoms with Gasteiger partial charge in [0.1, 0.15) is 10.6 Å². The molecule has 1 aromatic carbocycles. The van der Waals surface area contributed by atoms with Gasteiger partial charge in [0.05, 0.1) is 6.20 Å². The van der Waals surface area contributed by atoms with Gasteiger partial charge in [0.15, 0.2) is 11.7 Å². The highest BCUT2D eigenvalue weighted by Crippen LogP contribution is 2.35. The third-order valence-corrected chi connectivity index (χ3v) is 3.58. The first-order chi connectivity index (χ1) is 10.6. The molecule has 0 aliphatic carbocycles. The van der Waals surface area contributed by atoms with Crippen molar-refractivity contribution in [3.63, 3.8) is 0 Å². The average molecular weight is 356 g/mol. The fourth-order valence-corrected chi connectivity index (χ4v) is 2.29. The molecule has 0 amide bonds. The average Bonchev–Trinajstić information content (AvgIpc) is 2.92. The van der Waals surface area contributed by atoms with Gasteiger partial charge in [-0.15, -0.1) is 0 Å². The van der Waals surface area contributed by atoms with E-state index in [1.807, 2.05) is 0 Å². The van der Waals surface area contributed by atoms with E-state index in [0.717, 1.165) is 0 Å². The molecular weight excluding hydrogens is 346 g/mol. The predicted molar refractivity (Wildman–Crippen MR) is 72.4 cm³/mol. The van der Waals surface area contributed by atoms with Crippen LogP contribution >= 0.6 is 11.3 Å². The molecule has 23 heavy (non-hydrogen) atoms. The Morgan fingerprint density at radius 1 is 1.09 bits per heavy atom. The summed E-state index contributed by atoms with van der Waals surface area (Å²) in [7, 11) is 0. The molecule has 1 aromatic heterocycles. The fourth-order valence-electron chi connectivity index (χ4n) is 1.61. The Labute approximate surface area is 130 Å². The highest BCUT2D eigenvalue weighted by molar-refractivity contribution is 7.15. The molecule has 0 atom stereocenters. The summed E-state index contributed by atoms with van der Waals surface area (Å²) in [6, 6.07) is 5.95. The minimum absolute atomic E-state index is 0.00456. The lowest BCUT2D eigenvalue weighted by molar-refractivity contribution is -0.153.